The quantitative estimate of drug-likeness (QED) is 0.759. The van der Waals surface area contributed by atoms with Crippen LogP contribution in [0.5, 0.6) is 0 Å². The average Bonchev–Trinajstić information content (AvgIpc) is 2.51. The highest BCUT2D eigenvalue weighted by Crippen LogP contribution is 1.69. The lowest BCUT2D eigenvalue weighted by Gasteiger charge is -1.85. The Labute approximate surface area is 113 Å². The van der Waals surface area contributed by atoms with Gasteiger partial charge in [-0.3, -0.25) is 0 Å². The highest BCUT2D eigenvalue weighted by atomic mass is 14.8. The van der Waals surface area contributed by atoms with Crippen LogP contribution >= 0.6 is 0 Å². The fourth-order valence-electron chi connectivity index (χ4n) is 0.919. The van der Waals surface area contributed by atoms with Crippen LogP contribution in [-0.2, 0) is 0 Å². The highest BCUT2D eigenvalue weighted by Gasteiger charge is 1.80. The highest BCUT2D eigenvalue weighted by molar-refractivity contribution is 5.36. The molecule has 0 radical (unpaired) electrons. The third-order valence-corrected chi connectivity index (χ3v) is 1.51. The average molecular weight is 250 g/mol. The van der Waals surface area contributed by atoms with E-state index in [0.29, 0.717) is 0 Å². The Morgan fingerprint density at radius 2 is 1.50 bits per heavy atom. The number of aromatic nitrogens is 2. The summed E-state index contributed by atoms with van der Waals surface area (Å²) in [6.45, 7) is 15.9. The molecule has 0 aromatic carbocycles. The van der Waals surface area contributed by atoms with Crippen LogP contribution in [0.2, 0.25) is 0 Å². The Kier molecular flexibility index (Phi) is 25.3. The van der Waals surface area contributed by atoms with Crippen LogP contribution in [0.1, 0.15) is 55.4 Å². The molecule has 1 aromatic rings. The summed E-state index contributed by atoms with van der Waals surface area (Å²) in [5.41, 5.74) is 0. The molecule has 18 heavy (non-hydrogen) atoms. The molecule has 0 aliphatic rings. The molecule has 0 atom stereocenters. The van der Waals surface area contributed by atoms with Gasteiger partial charge in [0.25, 0.3) is 0 Å². The zero-order valence-corrected chi connectivity index (χ0v) is 13.4. The predicted octanol–water partition coefficient (Wildman–Crippen LogP) is 3.71. The molecule has 1 aromatic heterocycles. The van der Waals surface area contributed by atoms with Gasteiger partial charge in [-0.2, -0.15) is 0 Å². The smallest absolute Gasteiger partial charge is 0.116 e. The summed E-state index contributed by atoms with van der Waals surface area (Å²) in [4.78, 5) is 8.07. The first-order valence-corrected chi connectivity index (χ1v) is 6.94. The second-order valence-electron chi connectivity index (χ2n) is 2.34. The third-order valence-electron chi connectivity index (χ3n) is 1.51. The molecule has 0 bridgehead atoms. The van der Waals surface area contributed by atoms with E-state index < -0.39 is 0 Å². The Hall–Kier alpha value is -1.44. The number of allylic oxidation sites excluding steroid dienone is 2. The zero-order valence-electron chi connectivity index (χ0n) is 13.4. The van der Waals surface area contributed by atoms with Gasteiger partial charge in [-0.15, -0.1) is 0 Å². The van der Waals surface area contributed by atoms with Gasteiger partial charge >= 0.3 is 0 Å². The number of rotatable bonds is 1. The van der Waals surface area contributed by atoms with Crippen LogP contribution in [0.3, 0.4) is 0 Å². The molecule has 0 aliphatic carbocycles. The topological polar surface area (TPSA) is 25.8 Å². The van der Waals surface area contributed by atoms with Gasteiger partial charge in [-0.25, -0.2) is 9.97 Å². The van der Waals surface area contributed by atoms with E-state index in [2.05, 4.69) is 9.97 Å². The van der Waals surface area contributed by atoms with Crippen LogP contribution in [0.15, 0.2) is 24.7 Å². The van der Waals surface area contributed by atoms with Gasteiger partial charge in [0.05, 0.1) is 5.35 Å². The molecule has 0 spiro atoms. The van der Waals surface area contributed by atoms with Gasteiger partial charge in [-0.1, -0.05) is 65.8 Å². The summed E-state index contributed by atoms with van der Waals surface area (Å²) in [7, 11) is 0. The molecule has 1 rings (SSSR count). The van der Waals surface area contributed by atoms with Crippen molar-refractivity contribution in [3.63, 3.8) is 0 Å². The van der Waals surface area contributed by atoms with E-state index in [1.807, 2.05) is 85.9 Å². The minimum Gasteiger partial charge on any atom is -0.244 e. The molecule has 0 saturated carbocycles. The SMILES string of the molecule is CC.CC.CC.C\C=C/C=c1/cncn/c1=C/C. The minimum absolute atomic E-state index is 0.975. The monoisotopic (exact) mass is 250 g/mol. The Morgan fingerprint density at radius 1 is 0.944 bits per heavy atom. The number of nitrogens with zero attached hydrogens (tertiary/aromatic N) is 2. The van der Waals surface area contributed by atoms with Crippen molar-refractivity contribution in [1.82, 2.24) is 9.97 Å². The first-order valence-electron chi connectivity index (χ1n) is 6.94. The molecule has 0 fully saturated rings. The van der Waals surface area contributed by atoms with Crippen LogP contribution in [0, 0.1) is 0 Å². The van der Waals surface area contributed by atoms with Crippen molar-refractivity contribution in [1.29, 1.82) is 0 Å². The van der Waals surface area contributed by atoms with E-state index in [1.165, 1.54) is 0 Å². The summed E-state index contributed by atoms with van der Waals surface area (Å²) < 4.78 is 0. The van der Waals surface area contributed by atoms with Crippen molar-refractivity contribution in [3.8, 4) is 0 Å². The fraction of sp³-hybridized carbons (Fsp3) is 0.500. The van der Waals surface area contributed by atoms with Crippen molar-refractivity contribution in [2.75, 3.05) is 0 Å². The molecule has 2 heteroatoms. The summed E-state index contributed by atoms with van der Waals surface area (Å²) in [6.07, 6.45) is 11.3. The lowest BCUT2D eigenvalue weighted by atomic mass is 10.3. The Balaban J connectivity index is -0.000000328. The molecular formula is C16H30N2. The largest absolute Gasteiger partial charge is 0.244 e. The Bertz CT molecular complexity index is 378. The van der Waals surface area contributed by atoms with Gasteiger partial charge in [0.1, 0.15) is 6.33 Å². The lowest BCUT2D eigenvalue weighted by Crippen LogP contribution is -2.27. The van der Waals surface area contributed by atoms with E-state index in [0.717, 1.165) is 10.6 Å². The van der Waals surface area contributed by atoms with Crippen molar-refractivity contribution >= 4 is 12.2 Å². The first kappa shape index (κ1) is 21.8. The molecule has 0 aliphatic heterocycles. The van der Waals surface area contributed by atoms with E-state index in [-0.39, 0.29) is 0 Å². The third kappa shape index (κ3) is 11.1. The van der Waals surface area contributed by atoms with E-state index >= 15 is 0 Å². The molecule has 2 nitrogen and oxygen atoms in total. The maximum Gasteiger partial charge on any atom is 0.116 e. The molecule has 104 valence electrons. The molecule has 0 amide bonds. The summed E-state index contributed by atoms with van der Waals surface area (Å²) in [5, 5.41) is 2.03. The van der Waals surface area contributed by atoms with Crippen LogP contribution < -0.4 is 10.6 Å². The lowest BCUT2D eigenvalue weighted by molar-refractivity contribution is 1.10. The molecule has 0 N–H and O–H groups in total. The minimum atomic E-state index is 0.975. The first-order chi connectivity index (χ1) is 8.88. The van der Waals surface area contributed by atoms with E-state index in [1.54, 1.807) is 6.33 Å². The molecule has 1 heterocycles. The van der Waals surface area contributed by atoms with Crippen LogP contribution in [0.25, 0.3) is 12.2 Å². The molecule has 0 unspecified atom stereocenters. The second-order valence-corrected chi connectivity index (χ2v) is 2.34. The zero-order chi connectivity index (χ0) is 14.8. The van der Waals surface area contributed by atoms with Gasteiger partial charge in [0.15, 0.2) is 0 Å². The summed E-state index contributed by atoms with van der Waals surface area (Å²) in [6, 6.07) is 0. The van der Waals surface area contributed by atoms with E-state index in [9.17, 15) is 0 Å². The van der Waals surface area contributed by atoms with E-state index in [4.69, 9.17) is 0 Å². The maximum absolute atomic E-state index is 4.12. The van der Waals surface area contributed by atoms with Crippen LogP contribution in [0.4, 0.5) is 0 Å². The van der Waals surface area contributed by atoms with Crippen molar-refractivity contribution in [2.24, 2.45) is 0 Å². The maximum atomic E-state index is 4.12. The normalized spacial score (nSPS) is 10.7. The van der Waals surface area contributed by atoms with Gasteiger partial charge < -0.3 is 0 Å². The number of hydrogen-bond acceptors (Lipinski definition) is 2. The van der Waals surface area contributed by atoms with Crippen LogP contribution in [-0.4, -0.2) is 9.97 Å². The van der Waals surface area contributed by atoms with Crippen molar-refractivity contribution < 1.29 is 0 Å². The molecule has 0 saturated heterocycles. The van der Waals surface area contributed by atoms with Gasteiger partial charge in [-0.05, 0) is 13.8 Å². The summed E-state index contributed by atoms with van der Waals surface area (Å²) >= 11 is 0. The van der Waals surface area contributed by atoms with Gasteiger partial charge in [0, 0.05) is 11.4 Å². The number of hydrogen-bond donors (Lipinski definition) is 0. The Morgan fingerprint density at radius 3 is 1.94 bits per heavy atom. The fourth-order valence-corrected chi connectivity index (χ4v) is 0.919. The van der Waals surface area contributed by atoms with Crippen molar-refractivity contribution in [3.05, 3.63) is 35.2 Å². The van der Waals surface area contributed by atoms with Crippen molar-refractivity contribution in [2.45, 2.75) is 55.4 Å². The predicted molar refractivity (Wildman–Crippen MR) is 84.7 cm³/mol. The molecular weight excluding hydrogens is 220 g/mol. The second kappa shape index (κ2) is 20.9. The van der Waals surface area contributed by atoms with Gasteiger partial charge in [0.2, 0.25) is 0 Å². The summed E-state index contributed by atoms with van der Waals surface area (Å²) in [5.74, 6) is 0. The standard InChI is InChI=1S/C10H12N2.3C2H6/c1-3-5-6-9-7-11-8-12-10(9)4-2;3*1-2/h3-8H,1-2H3;3*1-2H3/b5-3-,9-6-,10-4+;;;.